The van der Waals surface area contributed by atoms with Crippen molar-refractivity contribution in [2.75, 3.05) is 29.8 Å². The molecule has 140 valence electrons. The maximum atomic E-state index is 12.8. The van der Waals surface area contributed by atoms with E-state index in [1.807, 2.05) is 37.3 Å². The molecule has 26 heavy (non-hydrogen) atoms. The molecule has 5 nitrogen and oxygen atoms in total. The third kappa shape index (κ3) is 4.12. The largest absolute Gasteiger partial charge is 0.495 e. The molecule has 1 aliphatic heterocycles. The molecule has 2 aromatic carbocycles. The Morgan fingerprint density at radius 1 is 1.15 bits per heavy atom. The number of sulfonamides is 1. The Balaban J connectivity index is 1.79. The minimum absolute atomic E-state index is 0.147. The van der Waals surface area contributed by atoms with Gasteiger partial charge in [0.15, 0.2) is 0 Å². The molecule has 0 bridgehead atoms. The van der Waals surface area contributed by atoms with Crippen LogP contribution in [0.4, 0.5) is 11.4 Å². The summed E-state index contributed by atoms with van der Waals surface area (Å²) in [5.74, 6) is 1.03. The SMILES string of the molecule is COc1ccc(C)cc1S(=O)(=O)Nc1ccc(N2CCCC(C)C2)cc1. The monoisotopic (exact) mass is 374 g/mol. The fourth-order valence-corrected chi connectivity index (χ4v) is 4.68. The predicted octanol–water partition coefficient (Wildman–Crippen LogP) is 4.04. The summed E-state index contributed by atoms with van der Waals surface area (Å²) in [4.78, 5) is 2.50. The highest BCUT2D eigenvalue weighted by atomic mass is 32.2. The minimum atomic E-state index is -3.71. The highest BCUT2D eigenvalue weighted by Crippen LogP contribution is 2.28. The highest BCUT2D eigenvalue weighted by molar-refractivity contribution is 7.92. The molecule has 0 amide bonds. The number of methoxy groups -OCH3 is 1. The molecule has 1 unspecified atom stereocenters. The zero-order valence-corrected chi connectivity index (χ0v) is 16.3. The molecule has 1 aliphatic rings. The molecule has 3 rings (SSSR count). The van der Waals surface area contributed by atoms with Crippen LogP contribution in [0.25, 0.3) is 0 Å². The first-order valence-corrected chi connectivity index (χ1v) is 10.4. The molecule has 1 saturated heterocycles. The van der Waals surface area contributed by atoms with E-state index in [1.165, 1.54) is 20.0 Å². The number of hydrogen-bond acceptors (Lipinski definition) is 4. The molecule has 0 spiro atoms. The zero-order valence-electron chi connectivity index (χ0n) is 15.5. The molecule has 1 atom stereocenters. The third-order valence-electron chi connectivity index (χ3n) is 4.75. The van der Waals surface area contributed by atoms with Gasteiger partial charge in [-0.1, -0.05) is 13.0 Å². The van der Waals surface area contributed by atoms with Gasteiger partial charge in [0.1, 0.15) is 10.6 Å². The summed E-state index contributed by atoms with van der Waals surface area (Å²) in [5.41, 5.74) is 2.54. The second-order valence-corrected chi connectivity index (χ2v) is 8.65. The summed E-state index contributed by atoms with van der Waals surface area (Å²) < 4.78 is 33.4. The van der Waals surface area contributed by atoms with Crippen molar-refractivity contribution in [3.8, 4) is 5.75 Å². The molecule has 0 aliphatic carbocycles. The van der Waals surface area contributed by atoms with E-state index < -0.39 is 10.0 Å². The van der Waals surface area contributed by atoms with Gasteiger partial charge >= 0.3 is 0 Å². The number of anilines is 2. The lowest BCUT2D eigenvalue weighted by molar-refractivity contribution is 0.402. The van der Waals surface area contributed by atoms with Gasteiger partial charge in [-0.15, -0.1) is 0 Å². The van der Waals surface area contributed by atoms with Gasteiger partial charge in [0.2, 0.25) is 0 Å². The average Bonchev–Trinajstić information content (AvgIpc) is 2.62. The van der Waals surface area contributed by atoms with E-state index in [0.717, 1.165) is 24.3 Å². The topological polar surface area (TPSA) is 58.6 Å². The van der Waals surface area contributed by atoms with Crippen molar-refractivity contribution in [1.29, 1.82) is 0 Å². The number of benzene rings is 2. The Kier molecular flexibility index (Phi) is 5.41. The van der Waals surface area contributed by atoms with Crippen LogP contribution in [0, 0.1) is 12.8 Å². The number of hydrogen-bond donors (Lipinski definition) is 1. The van der Waals surface area contributed by atoms with E-state index >= 15 is 0 Å². The molecular weight excluding hydrogens is 348 g/mol. The fraction of sp³-hybridized carbons (Fsp3) is 0.400. The third-order valence-corrected chi connectivity index (χ3v) is 6.15. The zero-order chi connectivity index (χ0) is 18.7. The van der Waals surface area contributed by atoms with Crippen LogP contribution < -0.4 is 14.4 Å². The number of ether oxygens (including phenoxy) is 1. The first-order chi connectivity index (χ1) is 12.4. The fourth-order valence-electron chi connectivity index (χ4n) is 3.37. The lowest BCUT2D eigenvalue weighted by Crippen LogP contribution is -2.34. The number of piperidine rings is 1. The van der Waals surface area contributed by atoms with Gasteiger partial charge in [0.05, 0.1) is 7.11 Å². The van der Waals surface area contributed by atoms with E-state index in [1.54, 1.807) is 12.1 Å². The average molecular weight is 375 g/mol. The smallest absolute Gasteiger partial charge is 0.265 e. The van der Waals surface area contributed by atoms with Crippen molar-refractivity contribution in [2.24, 2.45) is 5.92 Å². The Morgan fingerprint density at radius 2 is 1.88 bits per heavy atom. The van der Waals surface area contributed by atoms with Crippen molar-refractivity contribution in [3.05, 3.63) is 48.0 Å². The second kappa shape index (κ2) is 7.58. The summed E-state index contributed by atoms with van der Waals surface area (Å²) >= 11 is 0. The van der Waals surface area contributed by atoms with Gasteiger partial charge in [-0.05, 0) is 67.6 Å². The highest BCUT2D eigenvalue weighted by Gasteiger charge is 2.20. The molecule has 0 radical (unpaired) electrons. The number of nitrogens with zero attached hydrogens (tertiary/aromatic N) is 1. The molecule has 1 N–H and O–H groups in total. The summed E-state index contributed by atoms with van der Waals surface area (Å²) in [6.07, 6.45) is 2.47. The van der Waals surface area contributed by atoms with Crippen molar-refractivity contribution < 1.29 is 13.2 Å². The number of nitrogens with one attached hydrogen (secondary N) is 1. The van der Waals surface area contributed by atoms with Crippen LogP contribution in [0.1, 0.15) is 25.3 Å². The van der Waals surface area contributed by atoms with Gasteiger partial charge < -0.3 is 9.64 Å². The summed E-state index contributed by atoms with van der Waals surface area (Å²) in [6.45, 7) is 6.22. The summed E-state index contributed by atoms with van der Waals surface area (Å²) in [5, 5.41) is 0. The van der Waals surface area contributed by atoms with Crippen molar-refractivity contribution in [3.63, 3.8) is 0 Å². The van der Waals surface area contributed by atoms with Gasteiger partial charge in [-0.25, -0.2) is 8.42 Å². The molecule has 0 saturated carbocycles. The molecular formula is C20H26N2O3S. The molecule has 2 aromatic rings. The number of rotatable bonds is 5. The number of aryl methyl sites for hydroxylation is 1. The van der Waals surface area contributed by atoms with Crippen LogP contribution in [0.5, 0.6) is 5.75 Å². The molecule has 1 heterocycles. The standard InChI is InChI=1S/C20H26N2O3S/c1-15-6-11-19(25-3)20(13-15)26(23,24)21-17-7-9-18(10-8-17)22-12-4-5-16(2)14-22/h6-11,13,16,21H,4-5,12,14H2,1-3H3. The predicted molar refractivity (Wildman–Crippen MR) is 106 cm³/mol. The normalized spacial score (nSPS) is 17.8. The van der Waals surface area contributed by atoms with Crippen LogP contribution in [-0.4, -0.2) is 28.6 Å². The van der Waals surface area contributed by atoms with Crippen LogP contribution in [-0.2, 0) is 10.0 Å². The van der Waals surface area contributed by atoms with E-state index in [2.05, 4.69) is 16.5 Å². The summed E-state index contributed by atoms with van der Waals surface area (Å²) in [7, 11) is -2.24. The summed E-state index contributed by atoms with van der Waals surface area (Å²) in [6, 6.07) is 12.7. The Bertz CT molecular complexity index is 863. The van der Waals surface area contributed by atoms with E-state index in [4.69, 9.17) is 4.74 Å². The maximum absolute atomic E-state index is 12.8. The van der Waals surface area contributed by atoms with Gasteiger partial charge in [-0.3, -0.25) is 4.72 Å². The van der Waals surface area contributed by atoms with Gasteiger partial charge in [0.25, 0.3) is 10.0 Å². The van der Waals surface area contributed by atoms with E-state index in [-0.39, 0.29) is 4.90 Å². The van der Waals surface area contributed by atoms with Crippen molar-refractivity contribution in [2.45, 2.75) is 31.6 Å². The molecule has 6 heteroatoms. The maximum Gasteiger partial charge on any atom is 0.265 e. The van der Waals surface area contributed by atoms with Crippen molar-refractivity contribution >= 4 is 21.4 Å². The first-order valence-electron chi connectivity index (χ1n) is 8.91. The van der Waals surface area contributed by atoms with Crippen LogP contribution in [0.3, 0.4) is 0 Å². The minimum Gasteiger partial charge on any atom is -0.495 e. The van der Waals surface area contributed by atoms with Crippen LogP contribution >= 0.6 is 0 Å². The van der Waals surface area contributed by atoms with Gasteiger partial charge in [0, 0.05) is 24.5 Å². The molecule has 1 fully saturated rings. The van der Waals surface area contributed by atoms with Crippen molar-refractivity contribution in [1.82, 2.24) is 0 Å². The quantitative estimate of drug-likeness (QED) is 0.858. The lowest BCUT2D eigenvalue weighted by Gasteiger charge is -2.32. The Hall–Kier alpha value is -2.21. The molecule has 0 aromatic heterocycles. The second-order valence-electron chi connectivity index (χ2n) is 7.00. The van der Waals surface area contributed by atoms with Crippen LogP contribution in [0.15, 0.2) is 47.4 Å². The van der Waals surface area contributed by atoms with E-state index in [9.17, 15) is 8.42 Å². The van der Waals surface area contributed by atoms with E-state index in [0.29, 0.717) is 17.4 Å². The van der Waals surface area contributed by atoms with Crippen LogP contribution in [0.2, 0.25) is 0 Å². The Morgan fingerprint density at radius 3 is 2.54 bits per heavy atom. The lowest BCUT2D eigenvalue weighted by atomic mass is 10.00. The van der Waals surface area contributed by atoms with Gasteiger partial charge in [-0.2, -0.15) is 0 Å². The Labute approximate surface area is 156 Å². The first kappa shape index (κ1) is 18.6.